The molecule has 0 bridgehead atoms. The van der Waals surface area contributed by atoms with Gasteiger partial charge in [-0.15, -0.1) is 0 Å². The fourth-order valence-corrected chi connectivity index (χ4v) is 2.65. The molecule has 1 aromatic carbocycles. The first kappa shape index (κ1) is 15.9. The van der Waals surface area contributed by atoms with Crippen LogP contribution in [0.15, 0.2) is 18.2 Å². The van der Waals surface area contributed by atoms with Crippen molar-refractivity contribution < 1.29 is 9.13 Å². The minimum atomic E-state index is -0.261. The lowest BCUT2D eigenvalue weighted by Crippen LogP contribution is -2.34. The third-order valence-corrected chi connectivity index (χ3v) is 3.50. The predicted molar refractivity (Wildman–Crippen MR) is 76.3 cm³/mol. The summed E-state index contributed by atoms with van der Waals surface area (Å²) in [5.74, 6) is 6.52. The average molecular weight is 268 g/mol. The summed E-state index contributed by atoms with van der Waals surface area (Å²) < 4.78 is 18.8. The van der Waals surface area contributed by atoms with Crippen molar-refractivity contribution >= 4 is 0 Å². The summed E-state index contributed by atoms with van der Waals surface area (Å²) in [5.41, 5.74) is 3.65. The molecule has 3 nitrogen and oxygen atoms in total. The van der Waals surface area contributed by atoms with E-state index in [4.69, 9.17) is 10.6 Å². The number of rotatable bonds is 8. The fraction of sp³-hybridized carbons (Fsp3) is 0.600. The van der Waals surface area contributed by atoms with E-state index in [9.17, 15) is 4.39 Å². The van der Waals surface area contributed by atoms with Gasteiger partial charge in [0.15, 0.2) is 0 Å². The Hall–Kier alpha value is -1.13. The Bertz CT molecular complexity index is 378. The Balaban J connectivity index is 3.08. The van der Waals surface area contributed by atoms with E-state index in [1.165, 1.54) is 12.1 Å². The molecule has 0 aliphatic heterocycles. The summed E-state index contributed by atoms with van der Waals surface area (Å²) in [7, 11) is 1.60. The van der Waals surface area contributed by atoms with Gasteiger partial charge in [0, 0.05) is 5.56 Å². The third-order valence-electron chi connectivity index (χ3n) is 3.50. The van der Waals surface area contributed by atoms with Gasteiger partial charge in [0.25, 0.3) is 0 Å². The van der Waals surface area contributed by atoms with Crippen molar-refractivity contribution in [1.29, 1.82) is 0 Å². The molecule has 0 aliphatic rings. The van der Waals surface area contributed by atoms with E-state index in [2.05, 4.69) is 19.3 Å². The quantitative estimate of drug-likeness (QED) is 0.560. The summed E-state index contributed by atoms with van der Waals surface area (Å²) in [5, 5.41) is 0. The van der Waals surface area contributed by atoms with Crippen LogP contribution in [-0.2, 0) is 0 Å². The second kappa shape index (κ2) is 8.12. The van der Waals surface area contributed by atoms with Crippen molar-refractivity contribution in [2.75, 3.05) is 7.11 Å². The van der Waals surface area contributed by atoms with Crippen LogP contribution in [0.3, 0.4) is 0 Å². The number of hydrazine groups is 1. The van der Waals surface area contributed by atoms with Gasteiger partial charge in [-0.2, -0.15) is 0 Å². The van der Waals surface area contributed by atoms with Gasteiger partial charge in [0.1, 0.15) is 11.6 Å². The number of hydrogen-bond acceptors (Lipinski definition) is 3. The first-order valence-corrected chi connectivity index (χ1v) is 6.97. The Morgan fingerprint density at radius 3 is 2.37 bits per heavy atom. The number of nitrogens with two attached hydrogens (primary N) is 1. The van der Waals surface area contributed by atoms with Gasteiger partial charge in [-0.1, -0.05) is 26.7 Å². The molecule has 0 saturated carbocycles. The third kappa shape index (κ3) is 4.18. The highest BCUT2D eigenvalue weighted by Gasteiger charge is 2.24. The van der Waals surface area contributed by atoms with E-state index in [0.29, 0.717) is 11.7 Å². The molecule has 0 spiro atoms. The first-order valence-electron chi connectivity index (χ1n) is 6.97. The molecule has 1 unspecified atom stereocenters. The molecule has 0 aromatic heterocycles. The van der Waals surface area contributed by atoms with Crippen molar-refractivity contribution in [1.82, 2.24) is 5.43 Å². The predicted octanol–water partition coefficient (Wildman–Crippen LogP) is 3.56. The van der Waals surface area contributed by atoms with E-state index in [1.54, 1.807) is 13.2 Å². The summed E-state index contributed by atoms with van der Waals surface area (Å²) in [6.07, 6.45) is 4.28. The van der Waals surface area contributed by atoms with Crippen LogP contribution in [0.25, 0.3) is 0 Å². The highest BCUT2D eigenvalue weighted by Crippen LogP contribution is 2.34. The van der Waals surface area contributed by atoms with Crippen LogP contribution in [-0.4, -0.2) is 7.11 Å². The number of ether oxygens (including phenoxy) is 1. The molecule has 0 saturated heterocycles. The van der Waals surface area contributed by atoms with E-state index in [-0.39, 0.29) is 11.9 Å². The molecule has 19 heavy (non-hydrogen) atoms. The molecule has 1 atom stereocenters. The number of methoxy groups -OCH3 is 1. The summed E-state index contributed by atoms with van der Waals surface area (Å²) >= 11 is 0. The van der Waals surface area contributed by atoms with Crippen molar-refractivity contribution in [3.8, 4) is 5.75 Å². The zero-order valence-corrected chi connectivity index (χ0v) is 12.1. The molecule has 0 amide bonds. The topological polar surface area (TPSA) is 47.3 Å². The minimum absolute atomic E-state index is 0.0782. The minimum Gasteiger partial charge on any atom is -0.496 e. The Kier molecular flexibility index (Phi) is 6.81. The first-order chi connectivity index (χ1) is 9.17. The smallest absolute Gasteiger partial charge is 0.123 e. The molecule has 3 N–H and O–H groups in total. The van der Waals surface area contributed by atoms with Crippen molar-refractivity contribution in [3.05, 3.63) is 29.6 Å². The zero-order chi connectivity index (χ0) is 14.3. The largest absolute Gasteiger partial charge is 0.496 e. The van der Waals surface area contributed by atoms with Crippen molar-refractivity contribution in [2.24, 2.45) is 11.8 Å². The van der Waals surface area contributed by atoms with E-state index in [1.807, 2.05) is 0 Å². The van der Waals surface area contributed by atoms with Gasteiger partial charge in [-0.3, -0.25) is 11.3 Å². The maximum absolute atomic E-state index is 13.5. The second-order valence-corrected chi connectivity index (χ2v) is 4.87. The molecular weight excluding hydrogens is 243 g/mol. The van der Waals surface area contributed by atoms with Gasteiger partial charge in [0.05, 0.1) is 13.2 Å². The monoisotopic (exact) mass is 268 g/mol. The summed E-state index contributed by atoms with van der Waals surface area (Å²) in [6, 6.07) is 4.50. The standard InChI is InChI=1S/C15H25FN2O/c1-4-6-11(7-5-2)15(18-17)13-10-12(16)8-9-14(13)19-3/h8-11,15,18H,4-7,17H2,1-3H3. The summed E-state index contributed by atoms with van der Waals surface area (Å²) in [6.45, 7) is 4.30. The van der Waals surface area contributed by atoms with Crippen LogP contribution in [0.5, 0.6) is 5.75 Å². The Morgan fingerprint density at radius 2 is 1.89 bits per heavy atom. The van der Waals surface area contributed by atoms with Crippen LogP contribution < -0.4 is 16.0 Å². The van der Waals surface area contributed by atoms with Gasteiger partial charge in [0.2, 0.25) is 0 Å². The highest BCUT2D eigenvalue weighted by molar-refractivity contribution is 5.36. The van der Waals surface area contributed by atoms with Crippen LogP contribution >= 0.6 is 0 Å². The molecular formula is C15H25FN2O. The molecule has 0 radical (unpaired) electrons. The van der Waals surface area contributed by atoms with Crippen LogP contribution in [0.1, 0.15) is 51.1 Å². The highest BCUT2D eigenvalue weighted by atomic mass is 19.1. The number of hydrogen-bond donors (Lipinski definition) is 2. The van der Waals surface area contributed by atoms with E-state index in [0.717, 1.165) is 31.2 Å². The normalized spacial score (nSPS) is 12.7. The lowest BCUT2D eigenvalue weighted by molar-refractivity contribution is 0.306. The molecule has 0 heterocycles. The maximum atomic E-state index is 13.5. The molecule has 0 fully saturated rings. The van der Waals surface area contributed by atoms with Gasteiger partial charge >= 0.3 is 0 Å². The Morgan fingerprint density at radius 1 is 1.26 bits per heavy atom. The van der Waals surface area contributed by atoms with E-state index >= 15 is 0 Å². The Labute approximate surface area is 115 Å². The van der Waals surface area contributed by atoms with E-state index < -0.39 is 0 Å². The summed E-state index contributed by atoms with van der Waals surface area (Å²) in [4.78, 5) is 0. The lowest BCUT2D eigenvalue weighted by atomic mass is 9.86. The molecule has 0 aliphatic carbocycles. The molecule has 108 valence electrons. The van der Waals surface area contributed by atoms with Crippen LogP contribution in [0.4, 0.5) is 4.39 Å². The number of halogens is 1. The molecule has 4 heteroatoms. The molecule has 1 rings (SSSR count). The second-order valence-electron chi connectivity index (χ2n) is 4.87. The lowest BCUT2D eigenvalue weighted by Gasteiger charge is -2.27. The van der Waals surface area contributed by atoms with Crippen LogP contribution in [0, 0.1) is 11.7 Å². The van der Waals surface area contributed by atoms with Crippen molar-refractivity contribution in [3.63, 3.8) is 0 Å². The van der Waals surface area contributed by atoms with Gasteiger partial charge in [-0.25, -0.2) is 4.39 Å². The van der Waals surface area contributed by atoms with Crippen molar-refractivity contribution in [2.45, 2.75) is 45.6 Å². The maximum Gasteiger partial charge on any atom is 0.123 e. The number of benzene rings is 1. The van der Waals surface area contributed by atoms with Gasteiger partial charge in [-0.05, 0) is 37.0 Å². The fourth-order valence-electron chi connectivity index (χ4n) is 2.65. The van der Waals surface area contributed by atoms with Gasteiger partial charge < -0.3 is 4.74 Å². The number of nitrogens with one attached hydrogen (secondary N) is 1. The average Bonchev–Trinajstić information content (AvgIpc) is 2.40. The molecule has 1 aromatic rings. The van der Waals surface area contributed by atoms with Crippen LogP contribution in [0.2, 0.25) is 0 Å². The SMILES string of the molecule is CCCC(CCC)C(NN)c1cc(F)ccc1OC. The zero-order valence-electron chi connectivity index (χ0n) is 12.1.